The van der Waals surface area contributed by atoms with Gasteiger partial charge in [0.1, 0.15) is 11.3 Å². The quantitative estimate of drug-likeness (QED) is 0.446. The van der Waals surface area contributed by atoms with Gasteiger partial charge < -0.3 is 15.5 Å². The molecule has 0 spiro atoms. The number of nitrogens with two attached hydrogens (primary N) is 1. The predicted octanol–water partition coefficient (Wildman–Crippen LogP) is 3.50. The number of benzene rings is 2. The maximum Gasteiger partial charge on any atom is 0.180 e. The fourth-order valence-electron chi connectivity index (χ4n) is 4.45. The Morgan fingerprint density at radius 2 is 1.46 bits per heavy atom. The first kappa shape index (κ1) is 23.4. The third-order valence-corrected chi connectivity index (χ3v) is 6.58. The van der Waals surface area contributed by atoms with Crippen molar-refractivity contribution in [3.8, 4) is 22.5 Å². The summed E-state index contributed by atoms with van der Waals surface area (Å²) in [6, 6.07) is 22.6. The molecule has 1 saturated heterocycles. The number of hydrogen-bond acceptors (Lipinski definition) is 7. The molecule has 2 N–H and O–H groups in total. The summed E-state index contributed by atoms with van der Waals surface area (Å²) in [5, 5.41) is 0. The first-order valence-corrected chi connectivity index (χ1v) is 12.3. The van der Waals surface area contributed by atoms with Crippen LogP contribution in [0.15, 0.2) is 66.7 Å². The summed E-state index contributed by atoms with van der Waals surface area (Å²) in [6.07, 6.45) is 0. The van der Waals surface area contributed by atoms with Gasteiger partial charge in [0.25, 0.3) is 0 Å². The first-order chi connectivity index (χ1) is 17.1. The van der Waals surface area contributed by atoms with E-state index in [0.29, 0.717) is 12.2 Å². The van der Waals surface area contributed by atoms with Crippen LogP contribution in [0.4, 0.5) is 5.82 Å². The lowest BCUT2D eigenvalue weighted by atomic mass is 10.0. The lowest BCUT2D eigenvalue weighted by Gasteiger charge is -2.35. The van der Waals surface area contributed by atoms with E-state index < -0.39 is 0 Å². The van der Waals surface area contributed by atoms with Gasteiger partial charge in [-0.2, -0.15) is 0 Å². The van der Waals surface area contributed by atoms with Crippen LogP contribution in [0.3, 0.4) is 0 Å². The van der Waals surface area contributed by atoms with Crippen LogP contribution in [0.1, 0.15) is 5.56 Å². The average molecular weight is 468 g/mol. The van der Waals surface area contributed by atoms with Crippen molar-refractivity contribution in [3.05, 3.63) is 72.3 Å². The van der Waals surface area contributed by atoms with E-state index in [4.69, 9.17) is 20.7 Å². The van der Waals surface area contributed by atoms with Gasteiger partial charge in [0, 0.05) is 56.9 Å². The van der Waals surface area contributed by atoms with Gasteiger partial charge in [0.05, 0.1) is 11.4 Å². The smallest absolute Gasteiger partial charge is 0.180 e. The molecule has 0 aliphatic carbocycles. The minimum atomic E-state index is 0.520. The number of piperazine rings is 1. The van der Waals surface area contributed by atoms with Gasteiger partial charge in [-0.25, -0.2) is 15.0 Å². The maximum absolute atomic E-state index is 5.80. The first-order valence-electron chi connectivity index (χ1n) is 12.3. The predicted molar refractivity (Wildman–Crippen MR) is 143 cm³/mol. The highest BCUT2D eigenvalue weighted by Crippen LogP contribution is 2.31. The molecule has 1 fully saturated rings. The van der Waals surface area contributed by atoms with Gasteiger partial charge >= 0.3 is 0 Å². The van der Waals surface area contributed by atoms with E-state index in [9.17, 15) is 0 Å². The summed E-state index contributed by atoms with van der Waals surface area (Å²) in [5.41, 5.74) is 12.1. The Morgan fingerprint density at radius 1 is 0.771 bits per heavy atom. The van der Waals surface area contributed by atoms with Crippen molar-refractivity contribution in [1.29, 1.82) is 0 Å². The molecule has 0 bridgehead atoms. The van der Waals surface area contributed by atoms with Crippen molar-refractivity contribution in [2.75, 3.05) is 58.3 Å². The Labute approximate surface area is 207 Å². The molecule has 5 rings (SSSR count). The van der Waals surface area contributed by atoms with Crippen molar-refractivity contribution in [2.24, 2.45) is 5.73 Å². The lowest BCUT2D eigenvalue weighted by molar-refractivity contribution is 0.229. The van der Waals surface area contributed by atoms with Crippen molar-refractivity contribution >= 4 is 17.0 Å². The fourth-order valence-corrected chi connectivity index (χ4v) is 4.45. The molecule has 0 amide bonds. The average Bonchev–Trinajstić information content (AvgIpc) is 2.91. The van der Waals surface area contributed by atoms with Gasteiger partial charge in [0.2, 0.25) is 0 Å². The van der Waals surface area contributed by atoms with E-state index in [1.165, 1.54) is 0 Å². The standard InChI is InChI=1S/C28H33N7/c1-33(2)14-15-34-16-18-35(19-17-34)25-13-12-24-28(31-25)32-27(22-6-4-3-5-7-22)26(30-24)23-10-8-21(20-29)9-11-23/h3-13H,14-20,29H2,1-2H3. The number of likely N-dealkylation sites (N-methyl/N-ethyl adjacent to an activating group) is 1. The summed E-state index contributed by atoms with van der Waals surface area (Å²) in [4.78, 5) is 22.1. The fraction of sp³-hybridized carbons (Fsp3) is 0.321. The van der Waals surface area contributed by atoms with Crippen LogP contribution in [0.5, 0.6) is 0 Å². The summed E-state index contributed by atoms with van der Waals surface area (Å²) in [7, 11) is 4.25. The van der Waals surface area contributed by atoms with Crippen LogP contribution in [-0.4, -0.2) is 78.1 Å². The number of hydrogen-bond donors (Lipinski definition) is 1. The zero-order valence-electron chi connectivity index (χ0n) is 20.6. The van der Waals surface area contributed by atoms with Crippen LogP contribution in [0.2, 0.25) is 0 Å². The minimum absolute atomic E-state index is 0.520. The van der Waals surface area contributed by atoms with Crippen LogP contribution in [-0.2, 0) is 6.54 Å². The largest absolute Gasteiger partial charge is 0.354 e. The van der Waals surface area contributed by atoms with E-state index in [2.05, 4.69) is 77.3 Å². The molecule has 1 aliphatic rings. The molecule has 7 heteroatoms. The van der Waals surface area contributed by atoms with Crippen molar-refractivity contribution in [3.63, 3.8) is 0 Å². The second-order valence-electron chi connectivity index (χ2n) is 9.33. The maximum atomic E-state index is 5.80. The Morgan fingerprint density at radius 3 is 2.14 bits per heavy atom. The third-order valence-electron chi connectivity index (χ3n) is 6.58. The number of pyridine rings is 1. The van der Waals surface area contributed by atoms with Crippen molar-refractivity contribution in [1.82, 2.24) is 24.8 Å². The number of nitrogens with zero attached hydrogens (tertiary/aromatic N) is 6. The molecular formula is C28H33N7. The highest BCUT2D eigenvalue weighted by atomic mass is 15.3. The van der Waals surface area contributed by atoms with Crippen molar-refractivity contribution < 1.29 is 0 Å². The number of fused-ring (bicyclic) bond motifs is 1. The van der Waals surface area contributed by atoms with Gasteiger partial charge in [0.15, 0.2) is 5.65 Å². The van der Waals surface area contributed by atoms with E-state index in [1.54, 1.807) is 0 Å². The molecule has 0 saturated carbocycles. The topological polar surface area (TPSA) is 74.4 Å². The second-order valence-corrected chi connectivity index (χ2v) is 9.33. The van der Waals surface area contributed by atoms with E-state index in [1.807, 2.05) is 18.2 Å². The Bertz CT molecular complexity index is 1260. The number of rotatable bonds is 7. The zero-order chi connectivity index (χ0) is 24.2. The molecule has 2 aromatic carbocycles. The van der Waals surface area contributed by atoms with Gasteiger partial charge in [-0.1, -0.05) is 54.6 Å². The third kappa shape index (κ3) is 5.32. The van der Waals surface area contributed by atoms with Crippen LogP contribution in [0.25, 0.3) is 33.7 Å². The molecule has 0 atom stereocenters. The van der Waals surface area contributed by atoms with Gasteiger partial charge in [-0.3, -0.25) is 4.90 Å². The SMILES string of the molecule is CN(C)CCN1CCN(c2ccc3nc(-c4ccc(CN)cc4)c(-c4ccccc4)nc3n2)CC1. The molecule has 35 heavy (non-hydrogen) atoms. The van der Waals surface area contributed by atoms with E-state index in [0.717, 1.165) is 78.7 Å². The second kappa shape index (κ2) is 10.5. The van der Waals surface area contributed by atoms with Crippen LogP contribution >= 0.6 is 0 Å². The van der Waals surface area contributed by atoms with Crippen LogP contribution in [0, 0.1) is 0 Å². The molecule has 4 aromatic rings. The molecule has 7 nitrogen and oxygen atoms in total. The zero-order valence-corrected chi connectivity index (χ0v) is 20.6. The lowest BCUT2D eigenvalue weighted by Crippen LogP contribution is -2.48. The Hall–Kier alpha value is -3.39. The molecule has 3 heterocycles. The summed E-state index contributed by atoms with van der Waals surface area (Å²) in [6.45, 7) is 6.74. The van der Waals surface area contributed by atoms with Crippen LogP contribution < -0.4 is 10.6 Å². The molecule has 0 unspecified atom stereocenters. The van der Waals surface area contributed by atoms with Gasteiger partial charge in [-0.05, 0) is 31.8 Å². The summed E-state index contributed by atoms with van der Waals surface area (Å²) < 4.78 is 0. The minimum Gasteiger partial charge on any atom is -0.354 e. The summed E-state index contributed by atoms with van der Waals surface area (Å²) in [5.74, 6) is 0.970. The Balaban J connectivity index is 1.47. The molecule has 2 aromatic heterocycles. The number of anilines is 1. The highest BCUT2D eigenvalue weighted by molar-refractivity contribution is 5.85. The van der Waals surface area contributed by atoms with Gasteiger partial charge in [-0.15, -0.1) is 0 Å². The monoisotopic (exact) mass is 467 g/mol. The van der Waals surface area contributed by atoms with E-state index in [-0.39, 0.29) is 0 Å². The molecule has 180 valence electrons. The molecule has 0 radical (unpaired) electrons. The molecular weight excluding hydrogens is 434 g/mol. The van der Waals surface area contributed by atoms with E-state index >= 15 is 0 Å². The highest BCUT2D eigenvalue weighted by Gasteiger charge is 2.20. The number of aromatic nitrogens is 3. The molecule has 1 aliphatic heterocycles. The van der Waals surface area contributed by atoms with Crippen molar-refractivity contribution in [2.45, 2.75) is 6.54 Å². The Kier molecular flexibility index (Phi) is 6.99. The summed E-state index contributed by atoms with van der Waals surface area (Å²) >= 11 is 0. The normalized spacial score (nSPS) is 14.7.